The van der Waals surface area contributed by atoms with Crippen molar-refractivity contribution >= 4 is 28.4 Å². The molecular formula is C20H18F6N6O3. The maximum atomic E-state index is 12.9. The standard InChI is InChI=1S/C20H18F6N6O3/c1-27-5-6-28-17(33)10-32-9-11-7-14(15(8-13(11)31-32)35-20(24,25)26)30-18(34)12-3-2-4-16(29-12)19(21,22)23/h2-4,7-9,27H,5-6,10H2,1H3,(H,28,33)(H,30,34). The number of carbonyl (C=O) groups excluding carboxylic acids is 2. The normalized spacial score (nSPS) is 12.0. The molecule has 2 aromatic heterocycles. The molecule has 0 aliphatic carbocycles. The average molecular weight is 504 g/mol. The van der Waals surface area contributed by atoms with Gasteiger partial charge in [0, 0.05) is 30.7 Å². The molecule has 1 aromatic carbocycles. The van der Waals surface area contributed by atoms with Crippen molar-refractivity contribution in [2.45, 2.75) is 19.1 Å². The molecular weight excluding hydrogens is 486 g/mol. The number of rotatable bonds is 8. The smallest absolute Gasteiger partial charge is 0.403 e. The highest BCUT2D eigenvalue weighted by Crippen LogP contribution is 2.34. The molecule has 35 heavy (non-hydrogen) atoms. The number of hydrogen-bond acceptors (Lipinski definition) is 6. The van der Waals surface area contributed by atoms with Crippen LogP contribution in [0.1, 0.15) is 16.2 Å². The summed E-state index contributed by atoms with van der Waals surface area (Å²) in [4.78, 5) is 27.6. The Morgan fingerprint density at radius 2 is 1.83 bits per heavy atom. The first-order valence-electron chi connectivity index (χ1n) is 9.89. The number of aromatic nitrogens is 3. The van der Waals surface area contributed by atoms with E-state index in [9.17, 15) is 35.9 Å². The van der Waals surface area contributed by atoms with E-state index in [2.05, 4.69) is 30.8 Å². The number of amides is 2. The zero-order valence-corrected chi connectivity index (χ0v) is 17.9. The van der Waals surface area contributed by atoms with E-state index in [1.807, 2.05) is 0 Å². The second kappa shape index (κ2) is 10.2. The topological polar surface area (TPSA) is 110 Å². The fourth-order valence-corrected chi connectivity index (χ4v) is 2.93. The molecule has 0 bridgehead atoms. The molecule has 15 heteroatoms. The van der Waals surface area contributed by atoms with Crippen molar-refractivity contribution in [1.29, 1.82) is 0 Å². The quantitative estimate of drug-likeness (QED) is 0.322. The maximum absolute atomic E-state index is 12.9. The van der Waals surface area contributed by atoms with Crippen molar-refractivity contribution in [1.82, 2.24) is 25.4 Å². The van der Waals surface area contributed by atoms with Crippen LogP contribution in [0.2, 0.25) is 0 Å². The molecule has 0 aliphatic rings. The van der Waals surface area contributed by atoms with E-state index in [0.717, 1.165) is 24.3 Å². The third-order valence-corrected chi connectivity index (χ3v) is 4.40. The van der Waals surface area contributed by atoms with Crippen LogP contribution in [0.5, 0.6) is 5.75 Å². The zero-order valence-electron chi connectivity index (χ0n) is 17.9. The van der Waals surface area contributed by atoms with Gasteiger partial charge in [0.25, 0.3) is 5.91 Å². The minimum atomic E-state index is -5.14. The van der Waals surface area contributed by atoms with E-state index >= 15 is 0 Å². The first-order chi connectivity index (χ1) is 16.4. The minimum Gasteiger partial charge on any atom is -0.403 e. The molecule has 0 aliphatic heterocycles. The highest BCUT2D eigenvalue weighted by Gasteiger charge is 2.34. The largest absolute Gasteiger partial charge is 0.573 e. The van der Waals surface area contributed by atoms with Crippen LogP contribution in [0.25, 0.3) is 10.9 Å². The van der Waals surface area contributed by atoms with E-state index in [1.54, 1.807) is 7.05 Å². The lowest BCUT2D eigenvalue weighted by molar-refractivity contribution is -0.274. The van der Waals surface area contributed by atoms with Gasteiger partial charge in [0.1, 0.15) is 17.9 Å². The molecule has 2 heterocycles. The Kier molecular flexibility index (Phi) is 7.48. The number of pyridine rings is 1. The van der Waals surface area contributed by atoms with Crippen molar-refractivity contribution in [3.05, 3.63) is 47.9 Å². The third kappa shape index (κ3) is 7.05. The van der Waals surface area contributed by atoms with E-state index in [0.29, 0.717) is 19.2 Å². The van der Waals surface area contributed by atoms with E-state index in [-0.39, 0.29) is 17.4 Å². The van der Waals surface area contributed by atoms with Gasteiger partial charge in [0.15, 0.2) is 5.75 Å². The lowest BCUT2D eigenvalue weighted by Crippen LogP contribution is -2.33. The summed E-state index contributed by atoms with van der Waals surface area (Å²) in [6, 6.07) is 4.52. The highest BCUT2D eigenvalue weighted by atomic mass is 19.4. The molecule has 0 radical (unpaired) electrons. The molecule has 3 aromatic rings. The van der Waals surface area contributed by atoms with E-state index in [1.165, 1.54) is 10.9 Å². The SMILES string of the molecule is CNCCNC(=O)Cn1cc2cc(NC(=O)c3cccc(C(F)(F)F)n3)c(OC(F)(F)F)cc2n1. The van der Waals surface area contributed by atoms with Crippen molar-refractivity contribution in [2.75, 3.05) is 25.5 Å². The zero-order chi connectivity index (χ0) is 25.8. The van der Waals surface area contributed by atoms with Crippen LogP contribution in [-0.2, 0) is 17.5 Å². The fraction of sp³-hybridized carbons (Fsp3) is 0.300. The predicted octanol–water partition coefficient (Wildman–Crippen LogP) is 2.94. The summed E-state index contributed by atoms with van der Waals surface area (Å²) in [5.41, 5.74) is -2.49. The van der Waals surface area contributed by atoms with Crippen LogP contribution in [0.3, 0.4) is 0 Å². The van der Waals surface area contributed by atoms with Crippen LogP contribution >= 0.6 is 0 Å². The van der Waals surface area contributed by atoms with Gasteiger partial charge in [-0.05, 0) is 25.2 Å². The molecule has 9 nitrogen and oxygen atoms in total. The molecule has 0 atom stereocenters. The molecule has 0 saturated heterocycles. The Hall–Kier alpha value is -3.88. The van der Waals surface area contributed by atoms with Crippen molar-refractivity contribution in [3.63, 3.8) is 0 Å². The maximum Gasteiger partial charge on any atom is 0.573 e. The third-order valence-electron chi connectivity index (χ3n) is 4.40. The van der Waals surface area contributed by atoms with Gasteiger partial charge in [-0.2, -0.15) is 18.3 Å². The molecule has 3 N–H and O–H groups in total. The fourth-order valence-electron chi connectivity index (χ4n) is 2.93. The van der Waals surface area contributed by atoms with Gasteiger partial charge in [-0.1, -0.05) is 6.07 Å². The first-order valence-corrected chi connectivity index (χ1v) is 9.89. The number of halogens is 6. The van der Waals surface area contributed by atoms with Gasteiger partial charge in [0.2, 0.25) is 5.91 Å². The van der Waals surface area contributed by atoms with Crippen LogP contribution < -0.4 is 20.7 Å². The number of hydrogen-bond donors (Lipinski definition) is 3. The summed E-state index contributed by atoms with van der Waals surface area (Å²) in [6.07, 6.45) is -8.62. The summed E-state index contributed by atoms with van der Waals surface area (Å²) < 4.78 is 82.6. The second-order valence-electron chi connectivity index (χ2n) is 7.10. The van der Waals surface area contributed by atoms with Gasteiger partial charge in [0.05, 0.1) is 11.2 Å². The van der Waals surface area contributed by atoms with Crippen molar-refractivity contribution in [2.24, 2.45) is 0 Å². The van der Waals surface area contributed by atoms with Gasteiger partial charge < -0.3 is 20.7 Å². The van der Waals surface area contributed by atoms with Crippen molar-refractivity contribution < 1.29 is 40.7 Å². The summed E-state index contributed by atoms with van der Waals surface area (Å²) in [6.45, 7) is 0.637. The molecule has 3 rings (SSSR count). The highest BCUT2D eigenvalue weighted by molar-refractivity contribution is 6.05. The number of nitrogens with one attached hydrogen (secondary N) is 3. The Morgan fingerprint density at radius 3 is 2.49 bits per heavy atom. The number of ether oxygens (including phenoxy) is 1. The second-order valence-corrected chi connectivity index (χ2v) is 7.10. The Labute approximate surface area is 193 Å². The average Bonchev–Trinajstić information content (AvgIpc) is 3.13. The van der Waals surface area contributed by atoms with Crippen molar-refractivity contribution in [3.8, 4) is 5.75 Å². The summed E-state index contributed by atoms with van der Waals surface area (Å²) in [7, 11) is 1.70. The lowest BCUT2D eigenvalue weighted by atomic mass is 10.2. The van der Waals surface area contributed by atoms with Crippen LogP contribution in [0.15, 0.2) is 36.5 Å². The van der Waals surface area contributed by atoms with Gasteiger partial charge >= 0.3 is 12.5 Å². The summed E-state index contributed by atoms with van der Waals surface area (Å²) in [5, 5.41) is 11.8. The molecule has 188 valence electrons. The molecule has 0 saturated carbocycles. The lowest BCUT2D eigenvalue weighted by Gasteiger charge is -2.14. The van der Waals surface area contributed by atoms with Crippen LogP contribution in [0, 0.1) is 0 Å². The Bertz CT molecular complexity index is 1220. The number of fused-ring (bicyclic) bond motifs is 1. The number of nitrogens with zero attached hydrogens (tertiary/aromatic N) is 3. The summed E-state index contributed by atoms with van der Waals surface area (Å²) in [5.74, 6) is -2.45. The van der Waals surface area contributed by atoms with E-state index < -0.39 is 47.2 Å². The Balaban J connectivity index is 1.90. The summed E-state index contributed by atoms with van der Waals surface area (Å²) >= 11 is 0. The Morgan fingerprint density at radius 1 is 1.09 bits per heavy atom. The molecule has 0 unspecified atom stereocenters. The number of benzene rings is 1. The van der Waals surface area contributed by atoms with Crippen LogP contribution in [-0.4, -0.2) is 53.1 Å². The van der Waals surface area contributed by atoms with E-state index in [4.69, 9.17) is 0 Å². The number of likely N-dealkylation sites (N-methyl/N-ethyl adjacent to an activating group) is 1. The molecule has 0 spiro atoms. The van der Waals surface area contributed by atoms with Gasteiger partial charge in [-0.25, -0.2) is 4.98 Å². The predicted molar refractivity (Wildman–Crippen MR) is 111 cm³/mol. The monoisotopic (exact) mass is 504 g/mol. The van der Waals surface area contributed by atoms with Gasteiger partial charge in [-0.3, -0.25) is 14.3 Å². The number of anilines is 1. The first kappa shape index (κ1) is 25.7. The minimum absolute atomic E-state index is 0.0162. The molecule has 0 fully saturated rings. The number of carbonyl (C=O) groups is 2. The number of alkyl halides is 6. The molecule has 2 amide bonds. The van der Waals surface area contributed by atoms with Crippen LogP contribution in [0.4, 0.5) is 32.0 Å². The van der Waals surface area contributed by atoms with Gasteiger partial charge in [-0.15, -0.1) is 13.2 Å².